The maximum Gasteiger partial charge on any atom is 0.302 e. The molecule has 0 fully saturated rings. The smallest absolute Gasteiger partial charge is 0.302 e. The van der Waals surface area contributed by atoms with Crippen molar-refractivity contribution in [3.05, 3.63) is 0 Å². The second-order valence-electron chi connectivity index (χ2n) is 3.06. The lowest BCUT2D eigenvalue weighted by molar-refractivity contribution is -0.142. The second kappa shape index (κ2) is 10.5. The van der Waals surface area contributed by atoms with E-state index in [2.05, 4.69) is 12.2 Å². The van der Waals surface area contributed by atoms with Crippen molar-refractivity contribution in [2.75, 3.05) is 32.9 Å². The van der Waals surface area contributed by atoms with Crippen molar-refractivity contribution in [3.8, 4) is 0 Å². The van der Waals surface area contributed by atoms with Gasteiger partial charge in [0, 0.05) is 13.5 Å². The summed E-state index contributed by atoms with van der Waals surface area (Å²) < 4.78 is 9.93. The van der Waals surface area contributed by atoms with Gasteiger partial charge in [0.15, 0.2) is 0 Å². The summed E-state index contributed by atoms with van der Waals surface area (Å²) in [5.41, 5.74) is 0. The minimum Gasteiger partial charge on any atom is -0.463 e. The fourth-order valence-corrected chi connectivity index (χ4v) is 0.917. The van der Waals surface area contributed by atoms with E-state index < -0.39 is 0 Å². The lowest BCUT2D eigenvalue weighted by Crippen LogP contribution is -2.21. The van der Waals surface area contributed by atoms with Crippen LogP contribution in [0.2, 0.25) is 0 Å². The molecule has 0 unspecified atom stereocenters. The Bertz CT molecular complexity index is 139. The number of ether oxygens (including phenoxy) is 2. The molecule has 84 valence electrons. The Kier molecular flexibility index (Phi) is 10.0. The Labute approximate surface area is 86.0 Å². The third-order valence-electron chi connectivity index (χ3n) is 1.66. The molecule has 0 radical (unpaired) electrons. The Hall–Kier alpha value is -0.610. The molecule has 0 spiro atoms. The van der Waals surface area contributed by atoms with Crippen LogP contribution in [0.25, 0.3) is 0 Å². The summed E-state index contributed by atoms with van der Waals surface area (Å²) in [6, 6.07) is 0. The van der Waals surface area contributed by atoms with Gasteiger partial charge >= 0.3 is 5.97 Å². The molecule has 0 aromatic rings. The van der Waals surface area contributed by atoms with Crippen LogP contribution in [0.3, 0.4) is 0 Å². The van der Waals surface area contributed by atoms with E-state index >= 15 is 0 Å². The molecule has 0 atom stereocenters. The first-order valence-electron chi connectivity index (χ1n) is 5.19. The summed E-state index contributed by atoms with van der Waals surface area (Å²) in [4.78, 5) is 10.4. The van der Waals surface area contributed by atoms with Gasteiger partial charge in [0.25, 0.3) is 0 Å². The summed E-state index contributed by atoms with van der Waals surface area (Å²) >= 11 is 0. The molecule has 0 aliphatic heterocycles. The van der Waals surface area contributed by atoms with Crippen LogP contribution in [-0.2, 0) is 14.3 Å². The van der Waals surface area contributed by atoms with Gasteiger partial charge in [-0.15, -0.1) is 0 Å². The van der Waals surface area contributed by atoms with Crippen molar-refractivity contribution < 1.29 is 14.3 Å². The van der Waals surface area contributed by atoms with E-state index in [0.29, 0.717) is 19.8 Å². The highest BCUT2D eigenvalue weighted by molar-refractivity contribution is 5.65. The van der Waals surface area contributed by atoms with Crippen LogP contribution in [-0.4, -0.2) is 38.9 Å². The third-order valence-corrected chi connectivity index (χ3v) is 1.66. The van der Waals surface area contributed by atoms with Gasteiger partial charge in [0.05, 0.1) is 13.2 Å². The monoisotopic (exact) mass is 203 g/mol. The number of esters is 1. The molecule has 0 bridgehead atoms. The molecule has 0 saturated heterocycles. The topological polar surface area (TPSA) is 47.6 Å². The molecule has 0 aliphatic carbocycles. The number of rotatable bonds is 9. The first-order valence-corrected chi connectivity index (χ1v) is 5.19. The highest BCUT2D eigenvalue weighted by Crippen LogP contribution is 1.82. The van der Waals surface area contributed by atoms with Gasteiger partial charge in [-0.1, -0.05) is 13.3 Å². The standard InChI is InChI=1S/C10H21NO3/c1-3-4-5-11-6-7-13-8-9-14-10(2)12/h11H,3-9H2,1-2H3. The minimum atomic E-state index is -0.255. The van der Waals surface area contributed by atoms with Crippen LogP contribution >= 0.6 is 0 Å². The zero-order valence-corrected chi connectivity index (χ0v) is 9.17. The average molecular weight is 203 g/mol. The van der Waals surface area contributed by atoms with Crippen LogP contribution in [0.4, 0.5) is 0 Å². The fraction of sp³-hybridized carbons (Fsp3) is 0.900. The third kappa shape index (κ3) is 11.4. The number of hydrogen-bond donors (Lipinski definition) is 1. The predicted octanol–water partition coefficient (Wildman–Crippen LogP) is 0.956. The SMILES string of the molecule is CCCCNCCOCCOC(C)=O. The van der Waals surface area contributed by atoms with Crippen molar-refractivity contribution in [1.82, 2.24) is 5.32 Å². The Balaban J connectivity index is 2.88. The summed E-state index contributed by atoms with van der Waals surface area (Å²) in [5, 5.41) is 3.25. The van der Waals surface area contributed by atoms with Crippen molar-refractivity contribution in [2.24, 2.45) is 0 Å². The first-order chi connectivity index (χ1) is 6.77. The molecule has 0 aromatic carbocycles. The van der Waals surface area contributed by atoms with Gasteiger partial charge < -0.3 is 14.8 Å². The Morgan fingerprint density at radius 2 is 2.00 bits per heavy atom. The Morgan fingerprint density at radius 1 is 1.21 bits per heavy atom. The largest absolute Gasteiger partial charge is 0.463 e. The predicted molar refractivity (Wildman–Crippen MR) is 55.2 cm³/mol. The molecule has 0 saturated carbocycles. The van der Waals surface area contributed by atoms with Gasteiger partial charge in [-0.25, -0.2) is 0 Å². The van der Waals surface area contributed by atoms with Crippen molar-refractivity contribution >= 4 is 5.97 Å². The zero-order chi connectivity index (χ0) is 10.6. The molecule has 0 rings (SSSR count). The summed E-state index contributed by atoms with van der Waals surface area (Å²) in [7, 11) is 0. The number of hydrogen-bond acceptors (Lipinski definition) is 4. The number of nitrogens with one attached hydrogen (secondary N) is 1. The van der Waals surface area contributed by atoms with E-state index in [9.17, 15) is 4.79 Å². The second-order valence-corrected chi connectivity index (χ2v) is 3.06. The molecule has 14 heavy (non-hydrogen) atoms. The van der Waals surface area contributed by atoms with E-state index in [-0.39, 0.29) is 5.97 Å². The van der Waals surface area contributed by atoms with Crippen LogP contribution in [0, 0.1) is 0 Å². The molecule has 0 heterocycles. The Morgan fingerprint density at radius 3 is 2.64 bits per heavy atom. The van der Waals surface area contributed by atoms with E-state index in [1.54, 1.807) is 0 Å². The molecule has 0 aromatic heterocycles. The van der Waals surface area contributed by atoms with Crippen molar-refractivity contribution in [2.45, 2.75) is 26.7 Å². The number of carbonyl (C=O) groups excluding carboxylic acids is 1. The van der Waals surface area contributed by atoms with E-state index in [4.69, 9.17) is 9.47 Å². The van der Waals surface area contributed by atoms with Gasteiger partial charge in [0.1, 0.15) is 6.61 Å². The molecular formula is C10H21NO3. The lowest BCUT2D eigenvalue weighted by atomic mass is 10.3. The lowest BCUT2D eigenvalue weighted by Gasteiger charge is -2.05. The van der Waals surface area contributed by atoms with Crippen molar-refractivity contribution in [3.63, 3.8) is 0 Å². The first kappa shape index (κ1) is 13.4. The quantitative estimate of drug-likeness (QED) is 0.448. The van der Waals surface area contributed by atoms with Crippen molar-refractivity contribution in [1.29, 1.82) is 0 Å². The van der Waals surface area contributed by atoms with Gasteiger partial charge in [-0.3, -0.25) is 4.79 Å². The van der Waals surface area contributed by atoms with E-state index in [1.165, 1.54) is 19.8 Å². The van der Waals surface area contributed by atoms with E-state index in [1.807, 2.05) is 0 Å². The number of unbranched alkanes of at least 4 members (excludes halogenated alkanes) is 1. The highest BCUT2D eigenvalue weighted by Gasteiger charge is 1.92. The van der Waals surface area contributed by atoms with Gasteiger partial charge in [0.2, 0.25) is 0 Å². The summed E-state index contributed by atoms with van der Waals surface area (Å²) in [6.45, 7) is 6.97. The minimum absolute atomic E-state index is 0.255. The highest BCUT2D eigenvalue weighted by atomic mass is 16.6. The summed E-state index contributed by atoms with van der Waals surface area (Å²) in [6.07, 6.45) is 2.41. The maximum atomic E-state index is 10.4. The molecule has 4 nitrogen and oxygen atoms in total. The molecule has 1 N–H and O–H groups in total. The molecule has 0 aliphatic rings. The fourth-order valence-electron chi connectivity index (χ4n) is 0.917. The van der Waals surface area contributed by atoms with Crippen LogP contribution in [0.1, 0.15) is 26.7 Å². The normalized spacial score (nSPS) is 10.1. The van der Waals surface area contributed by atoms with Crippen LogP contribution < -0.4 is 5.32 Å². The van der Waals surface area contributed by atoms with E-state index in [0.717, 1.165) is 13.1 Å². The molecule has 0 amide bonds. The van der Waals surface area contributed by atoms with Crippen LogP contribution in [0.5, 0.6) is 0 Å². The molecule has 4 heteroatoms. The zero-order valence-electron chi connectivity index (χ0n) is 9.17. The average Bonchev–Trinajstić information content (AvgIpc) is 2.15. The van der Waals surface area contributed by atoms with Gasteiger partial charge in [-0.05, 0) is 13.0 Å². The van der Waals surface area contributed by atoms with Crippen LogP contribution in [0.15, 0.2) is 0 Å². The number of carbonyl (C=O) groups is 1. The summed E-state index contributed by atoms with van der Waals surface area (Å²) in [5.74, 6) is -0.255. The molecular weight excluding hydrogens is 182 g/mol. The van der Waals surface area contributed by atoms with Gasteiger partial charge in [-0.2, -0.15) is 0 Å². The maximum absolute atomic E-state index is 10.4.